The first-order chi connectivity index (χ1) is 9.05. The van der Waals surface area contributed by atoms with Crippen LogP contribution in [0.5, 0.6) is 0 Å². The molecule has 0 unspecified atom stereocenters. The van der Waals surface area contributed by atoms with Crippen molar-refractivity contribution in [3.05, 3.63) is 29.8 Å². The highest BCUT2D eigenvalue weighted by Crippen LogP contribution is 2.19. The molecule has 1 aromatic rings. The summed E-state index contributed by atoms with van der Waals surface area (Å²) in [5, 5.41) is 6.79. The van der Waals surface area contributed by atoms with Crippen molar-refractivity contribution in [1.29, 1.82) is 0 Å². The molecule has 0 radical (unpaired) electrons. The molecule has 2 nitrogen and oxygen atoms in total. The second kappa shape index (κ2) is 6.57. The maximum atomic E-state index is 5.38. The van der Waals surface area contributed by atoms with Gasteiger partial charge in [0.1, 0.15) is 0 Å². The van der Waals surface area contributed by atoms with E-state index in [-0.39, 0.29) is 11.0 Å². The lowest BCUT2D eigenvalue weighted by atomic mass is 9.92. The SMILES string of the molecule is CC(C)(C)CC(=S)NCc1ccc(NC(C)(C)C)cc1. The molecular weight excluding hydrogens is 264 g/mol. The summed E-state index contributed by atoms with van der Waals surface area (Å²) in [6.45, 7) is 13.9. The number of thiocarbonyl (C=S) groups is 1. The standard InChI is InChI=1S/C17H28N2S/c1-16(2,3)11-15(20)18-12-13-7-9-14(10-8-13)19-17(4,5)6/h7-10,19H,11-12H2,1-6H3,(H,18,20). The Morgan fingerprint density at radius 2 is 1.55 bits per heavy atom. The van der Waals surface area contributed by atoms with Gasteiger partial charge in [-0.3, -0.25) is 0 Å². The van der Waals surface area contributed by atoms with Crippen LogP contribution in [0.2, 0.25) is 0 Å². The summed E-state index contributed by atoms with van der Waals surface area (Å²) in [5.74, 6) is 0. The van der Waals surface area contributed by atoms with Gasteiger partial charge in [0.2, 0.25) is 0 Å². The molecule has 3 heteroatoms. The van der Waals surface area contributed by atoms with Crippen molar-refractivity contribution in [1.82, 2.24) is 5.32 Å². The van der Waals surface area contributed by atoms with E-state index >= 15 is 0 Å². The molecule has 0 atom stereocenters. The first-order valence-electron chi connectivity index (χ1n) is 7.19. The van der Waals surface area contributed by atoms with E-state index in [1.807, 2.05) is 0 Å². The summed E-state index contributed by atoms with van der Waals surface area (Å²) in [7, 11) is 0. The third-order valence-corrected chi connectivity index (χ3v) is 2.94. The quantitative estimate of drug-likeness (QED) is 0.783. The Bertz CT molecular complexity index is 436. The van der Waals surface area contributed by atoms with Gasteiger partial charge in [-0.2, -0.15) is 0 Å². The van der Waals surface area contributed by atoms with Crippen molar-refractivity contribution in [2.75, 3.05) is 5.32 Å². The lowest BCUT2D eigenvalue weighted by Crippen LogP contribution is -2.26. The molecule has 0 aromatic heterocycles. The average Bonchev–Trinajstić information content (AvgIpc) is 2.23. The second-order valence-corrected chi connectivity index (χ2v) is 8.08. The van der Waals surface area contributed by atoms with Gasteiger partial charge in [0.05, 0.1) is 4.99 Å². The zero-order valence-corrected chi connectivity index (χ0v) is 14.4. The van der Waals surface area contributed by atoms with Crippen LogP contribution in [0.3, 0.4) is 0 Å². The van der Waals surface area contributed by atoms with Gasteiger partial charge in [0.15, 0.2) is 0 Å². The Labute approximate surface area is 129 Å². The molecule has 2 N–H and O–H groups in total. The number of nitrogens with one attached hydrogen (secondary N) is 2. The van der Waals surface area contributed by atoms with E-state index in [1.165, 1.54) is 5.56 Å². The van der Waals surface area contributed by atoms with E-state index in [2.05, 4.69) is 76.4 Å². The average molecular weight is 292 g/mol. The molecule has 0 aliphatic heterocycles. The second-order valence-electron chi connectivity index (χ2n) is 7.59. The normalized spacial score (nSPS) is 12.1. The van der Waals surface area contributed by atoms with Gasteiger partial charge in [0, 0.05) is 24.2 Å². The molecule has 0 saturated carbocycles. The van der Waals surface area contributed by atoms with E-state index in [1.54, 1.807) is 0 Å². The zero-order chi connectivity index (χ0) is 15.4. The Balaban J connectivity index is 2.48. The topological polar surface area (TPSA) is 24.1 Å². The van der Waals surface area contributed by atoms with Crippen LogP contribution in [0, 0.1) is 5.41 Å². The Morgan fingerprint density at radius 1 is 1.00 bits per heavy atom. The van der Waals surface area contributed by atoms with Crippen LogP contribution in [-0.4, -0.2) is 10.5 Å². The molecule has 0 aliphatic rings. The van der Waals surface area contributed by atoms with Crippen molar-refractivity contribution >= 4 is 22.9 Å². The van der Waals surface area contributed by atoms with Gasteiger partial charge in [-0.1, -0.05) is 45.1 Å². The number of rotatable bonds is 4. The van der Waals surface area contributed by atoms with Crippen molar-refractivity contribution in [2.45, 2.75) is 60.0 Å². The number of hydrogen-bond acceptors (Lipinski definition) is 2. The summed E-state index contributed by atoms with van der Waals surface area (Å²) >= 11 is 5.38. The third-order valence-electron chi connectivity index (χ3n) is 2.65. The molecular formula is C17H28N2S. The van der Waals surface area contributed by atoms with Crippen LogP contribution in [0.25, 0.3) is 0 Å². The summed E-state index contributed by atoms with van der Waals surface area (Å²) in [4.78, 5) is 0.939. The lowest BCUT2D eigenvalue weighted by molar-refractivity contribution is 0.431. The molecule has 0 spiro atoms. The van der Waals surface area contributed by atoms with Crippen molar-refractivity contribution in [2.24, 2.45) is 5.41 Å². The highest BCUT2D eigenvalue weighted by Gasteiger charge is 2.13. The number of anilines is 1. The molecule has 1 aromatic carbocycles. The first kappa shape index (κ1) is 17.0. The van der Waals surface area contributed by atoms with Gasteiger partial charge in [-0.05, 0) is 43.9 Å². The first-order valence-corrected chi connectivity index (χ1v) is 7.60. The van der Waals surface area contributed by atoms with Crippen LogP contribution in [-0.2, 0) is 6.54 Å². The molecule has 20 heavy (non-hydrogen) atoms. The van der Waals surface area contributed by atoms with Crippen LogP contribution < -0.4 is 10.6 Å². The van der Waals surface area contributed by atoms with Gasteiger partial charge >= 0.3 is 0 Å². The van der Waals surface area contributed by atoms with E-state index < -0.39 is 0 Å². The molecule has 0 heterocycles. The van der Waals surface area contributed by atoms with Crippen LogP contribution in [0.1, 0.15) is 53.5 Å². The maximum absolute atomic E-state index is 5.38. The van der Waals surface area contributed by atoms with Crippen LogP contribution in [0.4, 0.5) is 5.69 Å². The van der Waals surface area contributed by atoms with Crippen LogP contribution in [0.15, 0.2) is 24.3 Å². The van der Waals surface area contributed by atoms with Gasteiger partial charge in [0.25, 0.3) is 0 Å². The fourth-order valence-electron chi connectivity index (χ4n) is 1.88. The highest BCUT2D eigenvalue weighted by molar-refractivity contribution is 7.80. The minimum absolute atomic E-state index is 0.0913. The van der Waals surface area contributed by atoms with Crippen molar-refractivity contribution in [3.8, 4) is 0 Å². The Morgan fingerprint density at radius 3 is 2.00 bits per heavy atom. The smallest absolute Gasteiger partial charge is 0.0761 e. The van der Waals surface area contributed by atoms with E-state index in [9.17, 15) is 0 Å². The van der Waals surface area contributed by atoms with Gasteiger partial charge < -0.3 is 10.6 Å². The monoisotopic (exact) mass is 292 g/mol. The zero-order valence-electron chi connectivity index (χ0n) is 13.6. The summed E-state index contributed by atoms with van der Waals surface area (Å²) < 4.78 is 0. The van der Waals surface area contributed by atoms with Gasteiger partial charge in [-0.15, -0.1) is 0 Å². The molecule has 0 saturated heterocycles. The van der Waals surface area contributed by atoms with Crippen molar-refractivity contribution in [3.63, 3.8) is 0 Å². The Kier molecular flexibility index (Phi) is 5.58. The van der Waals surface area contributed by atoms with Crippen molar-refractivity contribution < 1.29 is 0 Å². The van der Waals surface area contributed by atoms with E-state index in [0.717, 1.165) is 23.6 Å². The van der Waals surface area contributed by atoms with Gasteiger partial charge in [-0.25, -0.2) is 0 Å². The molecule has 0 fully saturated rings. The molecule has 112 valence electrons. The van der Waals surface area contributed by atoms with Crippen LogP contribution >= 0.6 is 12.2 Å². The molecule has 0 amide bonds. The summed E-state index contributed by atoms with van der Waals surface area (Å²) in [6.07, 6.45) is 0.923. The number of benzene rings is 1. The molecule has 0 aliphatic carbocycles. The fourth-order valence-corrected chi connectivity index (χ4v) is 2.39. The Hall–Kier alpha value is -1.09. The largest absolute Gasteiger partial charge is 0.380 e. The summed E-state index contributed by atoms with van der Waals surface area (Å²) in [5.41, 5.74) is 2.73. The molecule has 0 bridgehead atoms. The predicted molar refractivity (Wildman–Crippen MR) is 93.3 cm³/mol. The maximum Gasteiger partial charge on any atom is 0.0761 e. The summed E-state index contributed by atoms with van der Waals surface area (Å²) in [6, 6.07) is 8.52. The fraction of sp³-hybridized carbons (Fsp3) is 0.588. The minimum atomic E-state index is 0.0913. The molecule has 1 rings (SSSR count). The minimum Gasteiger partial charge on any atom is -0.380 e. The predicted octanol–water partition coefficient (Wildman–Crippen LogP) is 4.75. The number of hydrogen-bond donors (Lipinski definition) is 2. The third kappa shape index (κ3) is 7.49. The highest BCUT2D eigenvalue weighted by atomic mass is 32.1. The van der Waals surface area contributed by atoms with E-state index in [4.69, 9.17) is 12.2 Å². The van der Waals surface area contributed by atoms with E-state index in [0.29, 0.717) is 0 Å². The lowest BCUT2D eigenvalue weighted by Gasteiger charge is -2.22.